The lowest BCUT2D eigenvalue weighted by atomic mass is 10.1. The van der Waals surface area contributed by atoms with Crippen molar-refractivity contribution in [1.82, 2.24) is 0 Å². The Hall–Kier alpha value is -0.640. The third-order valence-electron chi connectivity index (χ3n) is 0. The molecule has 0 heterocycles. The third kappa shape index (κ3) is 249. The number of hydrogen-bond acceptors (Lipinski definition) is 3. The molecule has 4 nitrogen and oxygen atoms in total. The van der Waals surface area contributed by atoms with Crippen LogP contribution in [0.2, 0.25) is 0 Å². The van der Waals surface area contributed by atoms with Crippen LogP contribution in [0, 0.1) is 4.91 Å². The molecule has 0 aromatic heterocycles. The Morgan fingerprint density at radius 1 is 1.50 bits per heavy atom. The molecule has 8 heavy (non-hydrogen) atoms. The predicted molar refractivity (Wildman–Crippen MR) is 31.5 cm³/mol. The van der Waals surface area contributed by atoms with Crippen molar-refractivity contribution in [3.8, 4) is 0 Å². The third-order valence-corrected chi connectivity index (χ3v) is 0. The van der Waals surface area contributed by atoms with Crippen LogP contribution in [0.1, 0.15) is 20.8 Å². The molecule has 0 aromatic carbocycles. The normalized spacial score (nSPS) is 9.00. The van der Waals surface area contributed by atoms with Crippen molar-refractivity contribution >= 4 is 0 Å². The smallest absolute Gasteiger partial charge is 0.152 e. The molecule has 0 atom stereocenters. The van der Waals surface area contributed by atoms with Crippen molar-refractivity contribution in [3.05, 3.63) is 4.91 Å². The minimum absolute atomic E-state index is 0. The molecule has 0 saturated heterocycles. The summed E-state index contributed by atoms with van der Waals surface area (Å²) in [5.74, 6) is 0. The summed E-state index contributed by atoms with van der Waals surface area (Å²) < 4.78 is 0. The first-order valence-electron chi connectivity index (χ1n) is 2.17. The summed E-state index contributed by atoms with van der Waals surface area (Å²) in [6.45, 7) is 5.90. The van der Waals surface area contributed by atoms with E-state index in [1.54, 1.807) is 0 Å². The van der Waals surface area contributed by atoms with Gasteiger partial charge < -0.3 is 10.9 Å². The molecule has 0 aromatic rings. The Morgan fingerprint density at radius 3 is 1.50 bits per heavy atom. The summed E-state index contributed by atoms with van der Waals surface area (Å²) in [7, 11) is 0. The van der Waals surface area contributed by atoms with Gasteiger partial charge in [-0.25, -0.2) is 0 Å². The van der Waals surface area contributed by atoms with E-state index >= 15 is 0 Å². The van der Waals surface area contributed by atoms with Crippen LogP contribution in [0.3, 0.4) is 0 Å². The summed E-state index contributed by atoms with van der Waals surface area (Å²) >= 11 is 0. The first-order chi connectivity index (χ1) is 3.41. The number of hydrogen-bond donors (Lipinski definition) is 2. The Kier molecular flexibility index (Phi) is 5.85. The van der Waals surface area contributed by atoms with E-state index in [1.807, 2.05) is 20.8 Å². The lowest BCUT2D eigenvalue weighted by Gasteiger charge is -2.06. The van der Waals surface area contributed by atoms with Crippen LogP contribution < -0.4 is 5.73 Å². The fourth-order valence-corrected chi connectivity index (χ4v) is 0. The van der Waals surface area contributed by atoms with Gasteiger partial charge in [0.2, 0.25) is 0 Å². The van der Waals surface area contributed by atoms with E-state index in [4.69, 9.17) is 15.8 Å². The second kappa shape index (κ2) is 4.52. The maximum atomic E-state index is 8.11. The largest absolute Gasteiger partial charge is 0.379 e. The summed E-state index contributed by atoms with van der Waals surface area (Å²) in [6, 6.07) is 0. The highest BCUT2D eigenvalue weighted by Gasteiger charge is 1.95. The predicted octanol–water partition coefficient (Wildman–Crippen LogP) is 0.886. The fraction of sp³-hybridized carbons (Fsp3) is 1.00. The molecule has 4 heteroatoms. The van der Waals surface area contributed by atoms with Crippen molar-refractivity contribution < 1.29 is 5.21 Å². The van der Waals surface area contributed by atoms with E-state index in [2.05, 4.69) is 0 Å². The van der Waals surface area contributed by atoms with E-state index in [-0.39, 0.29) is 5.54 Å². The van der Waals surface area contributed by atoms with Gasteiger partial charge in [0.1, 0.15) is 0 Å². The molecule has 0 aliphatic heterocycles. The van der Waals surface area contributed by atoms with Gasteiger partial charge >= 0.3 is 0 Å². The first-order valence-corrected chi connectivity index (χ1v) is 2.17. The number of nitrogens with two attached hydrogens (primary N) is 1. The number of nitrogens with zero attached hydrogens (tertiary/aromatic N) is 1. The van der Waals surface area contributed by atoms with Gasteiger partial charge in [-0.05, 0) is 20.8 Å². The average Bonchev–Trinajstić information content (AvgIpc) is 1.27. The molecule has 50 valence electrons. The SMILES string of the molecule is CC(C)(C)N.O=NO. The standard InChI is InChI=1S/C4H11N.HNO2/c1-4(2,3)5;2-1-3/h5H2,1-3H3;(H,2,3). The Labute approximate surface area is 48.6 Å². The molecule has 0 saturated carbocycles. The van der Waals surface area contributed by atoms with E-state index in [1.165, 1.54) is 5.34 Å². The highest BCUT2D eigenvalue weighted by atomic mass is 16.6. The zero-order chi connectivity index (χ0) is 7.21. The average molecular weight is 120 g/mol. The van der Waals surface area contributed by atoms with Crippen molar-refractivity contribution in [2.24, 2.45) is 11.1 Å². The van der Waals surface area contributed by atoms with Crippen LogP contribution in [0.15, 0.2) is 5.34 Å². The minimum atomic E-state index is 0. The summed E-state index contributed by atoms with van der Waals surface area (Å²) in [6.07, 6.45) is 0. The molecule has 0 spiro atoms. The van der Waals surface area contributed by atoms with E-state index in [0.717, 1.165) is 0 Å². The van der Waals surface area contributed by atoms with Crippen molar-refractivity contribution in [2.45, 2.75) is 26.3 Å². The quantitative estimate of drug-likeness (QED) is 0.368. The van der Waals surface area contributed by atoms with Gasteiger partial charge in [-0.2, -0.15) is 0 Å². The highest BCUT2D eigenvalue weighted by Crippen LogP contribution is 1.88. The van der Waals surface area contributed by atoms with Gasteiger partial charge in [0.25, 0.3) is 0 Å². The highest BCUT2D eigenvalue weighted by molar-refractivity contribution is 4.60. The molecule has 3 N–H and O–H groups in total. The summed E-state index contributed by atoms with van der Waals surface area (Å²) in [5, 5.41) is 7.89. The van der Waals surface area contributed by atoms with Crippen LogP contribution in [0.5, 0.6) is 0 Å². The molecular weight excluding hydrogens is 108 g/mol. The molecule has 0 fully saturated rings. The van der Waals surface area contributed by atoms with Gasteiger partial charge in [-0.3, -0.25) is 0 Å². The zero-order valence-electron chi connectivity index (χ0n) is 5.38. The van der Waals surface area contributed by atoms with E-state index < -0.39 is 0 Å². The van der Waals surface area contributed by atoms with Crippen LogP contribution in [0.4, 0.5) is 0 Å². The monoisotopic (exact) mass is 120 g/mol. The van der Waals surface area contributed by atoms with Gasteiger partial charge in [-0.1, -0.05) is 0 Å². The second-order valence-corrected chi connectivity index (χ2v) is 2.45. The molecule has 0 bridgehead atoms. The minimum Gasteiger partial charge on any atom is -0.379 e. The molecule has 0 aliphatic rings. The van der Waals surface area contributed by atoms with Crippen molar-refractivity contribution in [2.75, 3.05) is 0 Å². The van der Waals surface area contributed by atoms with Gasteiger partial charge in [-0.15, -0.1) is 4.91 Å². The Bertz CT molecular complexity index is 51.5. The number of rotatable bonds is 0. The van der Waals surface area contributed by atoms with Gasteiger partial charge in [0.15, 0.2) is 5.34 Å². The molecular formula is C4H12N2O2. The maximum absolute atomic E-state index is 8.11. The van der Waals surface area contributed by atoms with E-state index in [0.29, 0.717) is 0 Å². The van der Waals surface area contributed by atoms with Crippen LogP contribution >= 0.6 is 0 Å². The maximum Gasteiger partial charge on any atom is 0.152 e. The molecule has 0 unspecified atom stereocenters. The van der Waals surface area contributed by atoms with Crippen LogP contribution in [0.25, 0.3) is 0 Å². The fourth-order valence-electron chi connectivity index (χ4n) is 0. The van der Waals surface area contributed by atoms with Crippen LogP contribution in [-0.2, 0) is 0 Å². The van der Waals surface area contributed by atoms with Crippen molar-refractivity contribution in [1.29, 1.82) is 0 Å². The lowest BCUT2D eigenvalue weighted by Crippen LogP contribution is -2.26. The Morgan fingerprint density at radius 2 is 1.50 bits per heavy atom. The molecule has 0 aliphatic carbocycles. The molecule has 0 rings (SSSR count). The lowest BCUT2D eigenvalue weighted by molar-refractivity contribution is 0.312. The topological polar surface area (TPSA) is 75.7 Å². The van der Waals surface area contributed by atoms with Crippen molar-refractivity contribution in [3.63, 3.8) is 0 Å². The summed E-state index contributed by atoms with van der Waals surface area (Å²) in [5.41, 5.74) is 5.35. The van der Waals surface area contributed by atoms with Crippen LogP contribution in [-0.4, -0.2) is 10.7 Å². The van der Waals surface area contributed by atoms with Gasteiger partial charge in [0.05, 0.1) is 0 Å². The Balaban J connectivity index is 0. The second-order valence-electron chi connectivity index (χ2n) is 2.45. The first kappa shape index (κ1) is 10.4. The zero-order valence-corrected chi connectivity index (χ0v) is 5.38. The van der Waals surface area contributed by atoms with Gasteiger partial charge in [0, 0.05) is 5.54 Å². The summed E-state index contributed by atoms with van der Waals surface area (Å²) in [4.78, 5) is 8.11. The molecule has 0 radical (unpaired) electrons. The molecule has 0 amide bonds. The van der Waals surface area contributed by atoms with E-state index in [9.17, 15) is 0 Å².